The van der Waals surface area contributed by atoms with Gasteiger partial charge in [0, 0.05) is 6.54 Å². The van der Waals surface area contributed by atoms with Crippen molar-refractivity contribution in [2.75, 3.05) is 26.2 Å². The largest absolute Gasteiger partial charge is 0.310 e. The maximum Gasteiger partial charge on any atom is 0.163 e. The zero-order valence-electron chi connectivity index (χ0n) is 7.38. The summed E-state index contributed by atoms with van der Waals surface area (Å²) in [7, 11) is 0. The molecule has 2 rings (SSSR count). The maximum absolute atomic E-state index is 11.5. The van der Waals surface area contributed by atoms with Crippen molar-refractivity contribution in [2.24, 2.45) is 0 Å². The highest BCUT2D eigenvalue weighted by molar-refractivity contribution is 5.86. The molecule has 0 aromatic carbocycles. The summed E-state index contributed by atoms with van der Waals surface area (Å²) in [5.41, 5.74) is 0. The van der Waals surface area contributed by atoms with Crippen LogP contribution < -0.4 is 5.32 Å². The summed E-state index contributed by atoms with van der Waals surface area (Å²) < 4.78 is 0. The van der Waals surface area contributed by atoms with E-state index in [2.05, 4.69) is 10.2 Å². The first-order valence-corrected chi connectivity index (χ1v) is 4.85. The average molecular weight is 168 g/mol. The van der Waals surface area contributed by atoms with Crippen LogP contribution in [0.2, 0.25) is 0 Å². The minimum atomic E-state index is 0.248. The van der Waals surface area contributed by atoms with E-state index in [0.29, 0.717) is 12.3 Å². The van der Waals surface area contributed by atoms with Crippen LogP contribution in [0.1, 0.15) is 19.3 Å². The molecule has 2 aliphatic heterocycles. The molecule has 0 aliphatic carbocycles. The van der Waals surface area contributed by atoms with Crippen molar-refractivity contribution in [1.29, 1.82) is 0 Å². The van der Waals surface area contributed by atoms with E-state index >= 15 is 0 Å². The van der Waals surface area contributed by atoms with E-state index < -0.39 is 0 Å². The first-order chi connectivity index (χ1) is 5.88. The zero-order chi connectivity index (χ0) is 8.39. The molecule has 3 nitrogen and oxygen atoms in total. The topological polar surface area (TPSA) is 32.3 Å². The minimum Gasteiger partial charge on any atom is -0.310 e. The molecule has 0 spiro atoms. The van der Waals surface area contributed by atoms with Crippen LogP contribution in [0.25, 0.3) is 0 Å². The van der Waals surface area contributed by atoms with Gasteiger partial charge in [0.2, 0.25) is 0 Å². The fourth-order valence-electron chi connectivity index (χ4n) is 2.19. The summed E-state index contributed by atoms with van der Waals surface area (Å²) >= 11 is 0. The van der Waals surface area contributed by atoms with Gasteiger partial charge in [0.25, 0.3) is 0 Å². The fourth-order valence-corrected chi connectivity index (χ4v) is 2.19. The van der Waals surface area contributed by atoms with Gasteiger partial charge in [-0.25, -0.2) is 0 Å². The number of nitrogens with zero attached hydrogens (tertiary/aromatic N) is 1. The number of rotatable bonds is 0. The molecule has 0 bridgehead atoms. The van der Waals surface area contributed by atoms with Crippen LogP contribution in [0, 0.1) is 0 Å². The van der Waals surface area contributed by atoms with Crippen molar-refractivity contribution >= 4 is 5.78 Å². The molecule has 2 heterocycles. The summed E-state index contributed by atoms with van der Waals surface area (Å²) in [5, 5.41) is 3.17. The van der Waals surface area contributed by atoms with E-state index in [-0.39, 0.29) is 6.04 Å². The number of carbonyl (C=O) groups is 1. The normalized spacial score (nSPS) is 32.7. The molecule has 0 amide bonds. The molecular weight excluding hydrogens is 152 g/mol. The Morgan fingerprint density at radius 3 is 3.08 bits per heavy atom. The number of hydrogen-bond donors (Lipinski definition) is 1. The van der Waals surface area contributed by atoms with Gasteiger partial charge < -0.3 is 5.32 Å². The summed E-state index contributed by atoms with van der Waals surface area (Å²) in [4.78, 5) is 13.9. The Labute approximate surface area is 73.1 Å². The predicted octanol–water partition coefficient (Wildman–Crippen LogP) is 0.0132. The van der Waals surface area contributed by atoms with E-state index in [0.717, 1.165) is 26.1 Å². The summed E-state index contributed by atoms with van der Waals surface area (Å²) in [5.74, 6) is 0.396. The third-order valence-corrected chi connectivity index (χ3v) is 2.83. The third kappa shape index (κ3) is 1.52. The Balaban J connectivity index is 2.03. The summed E-state index contributed by atoms with van der Waals surface area (Å²) in [6.45, 7) is 3.82. The standard InChI is InChI=1S/C9H16N2O/c12-9-7-10-4-2-6-11-5-1-3-8(9)11/h8,10H,1-7H2. The van der Waals surface area contributed by atoms with Gasteiger partial charge in [-0.05, 0) is 32.4 Å². The lowest BCUT2D eigenvalue weighted by Crippen LogP contribution is -2.44. The molecule has 1 atom stereocenters. The maximum atomic E-state index is 11.5. The average Bonchev–Trinajstić information content (AvgIpc) is 2.47. The second-order valence-electron chi connectivity index (χ2n) is 3.69. The van der Waals surface area contributed by atoms with Crippen molar-refractivity contribution in [3.8, 4) is 0 Å². The first kappa shape index (κ1) is 8.20. The second-order valence-corrected chi connectivity index (χ2v) is 3.69. The molecule has 2 aliphatic rings. The fraction of sp³-hybridized carbons (Fsp3) is 0.889. The Kier molecular flexibility index (Phi) is 2.42. The zero-order valence-corrected chi connectivity index (χ0v) is 7.38. The van der Waals surface area contributed by atoms with Gasteiger partial charge in [-0.1, -0.05) is 0 Å². The van der Waals surface area contributed by atoms with E-state index in [9.17, 15) is 4.79 Å². The summed E-state index contributed by atoms with van der Waals surface area (Å²) in [6.07, 6.45) is 3.47. The number of hydrogen-bond acceptors (Lipinski definition) is 3. The van der Waals surface area contributed by atoms with Crippen LogP contribution in [-0.4, -0.2) is 42.9 Å². The Morgan fingerprint density at radius 1 is 1.33 bits per heavy atom. The number of nitrogens with one attached hydrogen (secondary N) is 1. The Morgan fingerprint density at radius 2 is 2.17 bits per heavy atom. The minimum absolute atomic E-state index is 0.248. The van der Waals surface area contributed by atoms with Crippen LogP contribution in [0.5, 0.6) is 0 Å². The lowest BCUT2D eigenvalue weighted by atomic mass is 10.1. The molecule has 0 saturated carbocycles. The number of carbonyl (C=O) groups excluding carboxylic acids is 1. The summed E-state index contributed by atoms with van der Waals surface area (Å²) in [6, 6.07) is 0.248. The van der Waals surface area contributed by atoms with Crippen LogP contribution in [0.4, 0.5) is 0 Å². The van der Waals surface area contributed by atoms with Gasteiger partial charge in [-0.2, -0.15) is 0 Å². The van der Waals surface area contributed by atoms with Crippen molar-refractivity contribution in [2.45, 2.75) is 25.3 Å². The molecule has 1 N–H and O–H groups in total. The Hall–Kier alpha value is -0.410. The number of Topliss-reactive ketones (excluding diaryl/α,β-unsaturated/α-hetero) is 1. The molecule has 2 fully saturated rings. The second kappa shape index (κ2) is 3.54. The molecule has 12 heavy (non-hydrogen) atoms. The van der Waals surface area contributed by atoms with E-state index in [4.69, 9.17) is 0 Å². The predicted molar refractivity (Wildman–Crippen MR) is 47.1 cm³/mol. The van der Waals surface area contributed by atoms with Crippen molar-refractivity contribution in [3.63, 3.8) is 0 Å². The number of fused-ring (bicyclic) bond motifs is 1. The molecule has 2 saturated heterocycles. The van der Waals surface area contributed by atoms with Crippen LogP contribution in [0.15, 0.2) is 0 Å². The van der Waals surface area contributed by atoms with Gasteiger partial charge in [-0.15, -0.1) is 0 Å². The first-order valence-electron chi connectivity index (χ1n) is 4.85. The van der Waals surface area contributed by atoms with Gasteiger partial charge in [0.1, 0.15) is 0 Å². The van der Waals surface area contributed by atoms with Gasteiger partial charge >= 0.3 is 0 Å². The highest BCUT2D eigenvalue weighted by Crippen LogP contribution is 2.18. The monoisotopic (exact) mass is 168 g/mol. The molecule has 0 radical (unpaired) electrons. The molecule has 3 heteroatoms. The lowest BCUT2D eigenvalue weighted by Gasteiger charge is -2.25. The van der Waals surface area contributed by atoms with E-state index in [1.165, 1.54) is 12.8 Å². The van der Waals surface area contributed by atoms with Crippen molar-refractivity contribution < 1.29 is 4.79 Å². The van der Waals surface area contributed by atoms with Crippen LogP contribution >= 0.6 is 0 Å². The molecular formula is C9H16N2O. The van der Waals surface area contributed by atoms with Gasteiger partial charge in [0.15, 0.2) is 5.78 Å². The SMILES string of the molecule is O=C1CNCCCN2CCCC12. The van der Waals surface area contributed by atoms with Crippen molar-refractivity contribution in [1.82, 2.24) is 10.2 Å². The highest BCUT2D eigenvalue weighted by atomic mass is 16.1. The smallest absolute Gasteiger partial charge is 0.163 e. The van der Waals surface area contributed by atoms with Crippen LogP contribution in [0.3, 0.4) is 0 Å². The Bertz CT molecular complexity index is 181. The van der Waals surface area contributed by atoms with E-state index in [1.54, 1.807) is 0 Å². The third-order valence-electron chi connectivity index (χ3n) is 2.83. The van der Waals surface area contributed by atoms with Crippen molar-refractivity contribution in [3.05, 3.63) is 0 Å². The van der Waals surface area contributed by atoms with E-state index in [1.807, 2.05) is 0 Å². The molecule has 68 valence electrons. The molecule has 1 unspecified atom stereocenters. The lowest BCUT2D eigenvalue weighted by molar-refractivity contribution is -0.122. The quantitative estimate of drug-likeness (QED) is 0.553. The van der Waals surface area contributed by atoms with Gasteiger partial charge in [-0.3, -0.25) is 9.69 Å². The number of ketones is 1. The molecule has 0 aromatic heterocycles. The van der Waals surface area contributed by atoms with Crippen LogP contribution in [-0.2, 0) is 4.79 Å². The highest BCUT2D eigenvalue weighted by Gasteiger charge is 2.30. The van der Waals surface area contributed by atoms with Gasteiger partial charge in [0.05, 0.1) is 12.6 Å². The molecule has 0 aromatic rings.